The van der Waals surface area contributed by atoms with Gasteiger partial charge in [-0.25, -0.2) is 0 Å². The third-order valence-corrected chi connectivity index (χ3v) is 6.95. The predicted octanol–water partition coefficient (Wildman–Crippen LogP) is 1.99. The van der Waals surface area contributed by atoms with E-state index in [1.54, 1.807) is 0 Å². The summed E-state index contributed by atoms with van der Waals surface area (Å²) in [6.07, 6.45) is -2.33. The van der Waals surface area contributed by atoms with E-state index < -0.39 is 54.5 Å². The Labute approximate surface area is 247 Å². The molecule has 13 nitrogen and oxygen atoms in total. The molecule has 2 aromatic rings. The first kappa shape index (κ1) is 30.9. The van der Waals surface area contributed by atoms with Crippen molar-refractivity contribution in [3.63, 3.8) is 0 Å². The Hall–Kier alpha value is -4.04. The second kappa shape index (κ2) is 13.7. The monoisotopic (exact) mass is 602 g/mol. The van der Waals surface area contributed by atoms with Crippen LogP contribution in [0.4, 0.5) is 5.69 Å². The first-order valence-corrected chi connectivity index (χ1v) is 14.0. The average Bonchev–Trinajstić information content (AvgIpc) is 2.92. The summed E-state index contributed by atoms with van der Waals surface area (Å²) in [5.41, 5.74) is 10.0. The number of rotatable bonds is 8. The van der Waals surface area contributed by atoms with Crippen molar-refractivity contribution in [1.82, 2.24) is 15.7 Å². The van der Waals surface area contributed by atoms with E-state index in [9.17, 15) is 19.2 Å². The second-order valence-electron chi connectivity index (χ2n) is 9.98. The highest BCUT2D eigenvalue weighted by molar-refractivity contribution is 7.80. The number of fused-ring (bicyclic) bond motifs is 2. The molecule has 3 N–H and O–H groups in total. The van der Waals surface area contributed by atoms with Gasteiger partial charge >= 0.3 is 23.9 Å². The van der Waals surface area contributed by atoms with Crippen molar-refractivity contribution < 1.29 is 42.9 Å². The molecule has 4 rings (SSSR count). The van der Waals surface area contributed by atoms with Gasteiger partial charge in [0.25, 0.3) is 0 Å². The number of esters is 4. The Bertz CT molecular complexity index is 1370. The lowest BCUT2D eigenvalue weighted by molar-refractivity contribution is -0.254. The normalized spacial score (nSPS) is 23.1. The molecule has 1 aromatic carbocycles. The van der Waals surface area contributed by atoms with E-state index in [1.165, 1.54) is 13.8 Å². The van der Waals surface area contributed by atoms with Gasteiger partial charge in [-0.05, 0) is 49.5 Å². The SMILES string of the molecule is CC(=O)OC[C@H]1O[C@@H](NC(=S)NNc2c3c(nc4ccccc24)CCCC3)[C@H](OC(C)=O)[C@@H](OC(C)=O)[C@H]1OC(C)=O. The van der Waals surface area contributed by atoms with Crippen LogP contribution in [0.25, 0.3) is 10.9 Å². The molecule has 5 atom stereocenters. The first-order valence-electron chi connectivity index (χ1n) is 13.6. The van der Waals surface area contributed by atoms with Crippen LogP contribution in [0, 0.1) is 0 Å². The molecule has 0 saturated carbocycles. The van der Waals surface area contributed by atoms with Crippen molar-refractivity contribution in [3.05, 3.63) is 35.5 Å². The molecule has 14 heteroatoms. The summed E-state index contributed by atoms with van der Waals surface area (Å²) in [7, 11) is 0. The van der Waals surface area contributed by atoms with Gasteiger partial charge < -0.3 is 29.0 Å². The summed E-state index contributed by atoms with van der Waals surface area (Å²) >= 11 is 5.55. The van der Waals surface area contributed by atoms with Crippen LogP contribution in [-0.4, -0.2) is 71.2 Å². The lowest BCUT2D eigenvalue weighted by Crippen LogP contribution is -2.67. The Kier molecular flexibility index (Phi) is 10.1. The number of pyridine rings is 1. The Morgan fingerprint density at radius 3 is 2.24 bits per heavy atom. The predicted molar refractivity (Wildman–Crippen MR) is 153 cm³/mol. The summed E-state index contributed by atoms with van der Waals surface area (Å²) in [6, 6.07) is 7.78. The van der Waals surface area contributed by atoms with E-state index in [0.717, 1.165) is 67.4 Å². The number of para-hydroxylation sites is 1. The van der Waals surface area contributed by atoms with E-state index in [2.05, 4.69) is 16.2 Å². The van der Waals surface area contributed by atoms with Crippen molar-refractivity contribution in [2.75, 3.05) is 12.0 Å². The number of hydrazine groups is 1. The smallest absolute Gasteiger partial charge is 0.303 e. The van der Waals surface area contributed by atoms with Crippen LogP contribution < -0.4 is 16.2 Å². The molecule has 1 fully saturated rings. The minimum atomic E-state index is -1.31. The van der Waals surface area contributed by atoms with Crippen LogP contribution in [0.1, 0.15) is 51.8 Å². The minimum absolute atomic E-state index is 0.0568. The quantitative estimate of drug-likeness (QED) is 0.174. The van der Waals surface area contributed by atoms with E-state index in [1.807, 2.05) is 24.3 Å². The maximum absolute atomic E-state index is 12.1. The maximum Gasteiger partial charge on any atom is 0.303 e. The number of aromatic nitrogens is 1. The van der Waals surface area contributed by atoms with Gasteiger partial charge in [-0.3, -0.25) is 35.0 Å². The molecule has 226 valence electrons. The highest BCUT2D eigenvalue weighted by Crippen LogP contribution is 2.33. The molecule has 0 unspecified atom stereocenters. The van der Waals surface area contributed by atoms with E-state index in [-0.39, 0.29) is 11.7 Å². The zero-order valence-electron chi connectivity index (χ0n) is 23.8. The van der Waals surface area contributed by atoms with Crippen LogP contribution in [0.5, 0.6) is 0 Å². The number of aryl methyl sites for hydroxylation is 1. The number of hydrogen-bond acceptors (Lipinski definition) is 12. The molecule has 1 saturated heterocycles. The van der Waals surface area contributed by atoms with Crippen molar-refractivity contribution in [3.8, 4) is 0 Å². The molecule has 0 bridgehead atoms. The number of hydrogen-bond donors (Lipinski definition) is 3. The Morgan fingerprint density at radius 1 is 0.905 bits per heavy atom. The van der Waals surface area contributed by atoms with Gasteiger partial charge in [0.1, 0.15) is 12.7 Å². The van der Waals surface area contributed by atoms with E-state index in [0.29, 0.717) is 0 Å². The van der Waals surface area contributed by atoms with Gasteiger partial charge in [-0.2, -0.15) is 0 Å². The molecule has 2 heterocycles. The summed E-state index contributed by atoms with van der Waals surface area (Å²) in [5, 5.41) is 3.91. The summed E-state index contributed by atoms with van der Waals surface area (Å²) in [4.78, 5) is 52.5. The molecule has 0 amide bonds. The maximum atomic E-state index is 12.1. The van der Waals surface area contributed by atoms with Crippen LogP contribution in [0.15, 0.2) is 24.3 Å². The van der Waals surface area contributed by atoms with Gasteiger partial charge in [0.05, 0.1) is 11.2 Å². The minimum Gasteiger partial charge on any atom is -0.463 e. The van der Waals surface area contributed by atoms with Gasteiger partial charge in [-0.15, -0.1) is 0 Å². The zero-order valence-corrected chi connectivity index (χ0v) is 24.6. The van der Waals surface area contributed by atoms with Crippen LogP contribution >= 0.6 is 12.2 Å². The number of nitrogens with one attached hydrogen (secondary N) is 3. The Morgan fingerprint density at radius 2 is 1.55 bits per heavy atom. The van der Waals surface area contributed by atoms with Crippen LogP contribution in [0.2, 0.25) is 0 Å². The first-order chi connectivity index (χ1) is 20.0. The summed E-state index contributed by atoms with van der Waals surface area (Å²) in [6.45, 7) is 4.35. The van der Waals surface area contributed by atoms with Gasteiger partial charge in [0, 0.05) is 38.8 Å². The third kappa shape index (κ3) is 7.62. The lowest BCUT2D eigenvalue weighted by Gasteiger charge is -2.44. The second-order valence-corrected chi connectivity index (χ2v) is 10.4. The fraction of sp³-hybridized carbons (Fsp3) is 0.500. The number of nitrogens with zero attached hydrogens (tertiary/aromatic N) is 1. The number of thiocarbonyl (C=S) groups is 1. The van der Waals surface area contributed by atoms with Crippen LogP contribution in [0.3, 0.4) is 0 Å². The fourth-order valence-corrected chi connectivity index (χ4v) is 5.31. The van der Waals surface area contributed by atoms with Crippen molar-refractivity contribution in [2.45, 2.75) is 84.0 Å². The van der Waals surface area contributed by atoms with Crippen LogP contribution in [-0.2, 0) is 55.7 Å². The largest absolute Gasteiger partial charge is 0.463 e. The summed E-state index contributed by atoms with van der Waals surface area (Å²) in [5.74, 6) is -2.75. The molecular weight excluding hydrogens is 568 g/mol. The van der Waals surface area contributed by atoms with Gasteiger partial charge in [-0.1, -0.05) is 18.2 Å². The number of anilines is 1. The molecule has 1 aliphatic heterocycles. The zero-order chi connectivity index (χ0) is 30.4. The highest BCUT2D eigenvalue weighted by Gasteiger charge is 2.52. The van der Waals surface area contributed by atoms with E-state index >= 15 is 0 Å². The average molecular weight is 603 g/mol. The Balaban J connectivity index is 1.59. The standard InChI is InChI=1S/C28H34N4O9S/c1-14(33)37-13-22-24(38-15(2)34)25(39-16(3)35)26(40-17(4)36)27(41-22)30-28(42)32-31-23-18-9-5-7-11-20(18)29-21-12-8-6-10-19(21)23/h5,7,9,11,22,24-27H,6,8,10,12-13H2,1-4H3,(H,29,31)(H2,30,32,42)/t22-,24+,25+,26-,27-/m1/s1. The van der Waals surface area contributed by atoms with Crippen molar-refractivity contribution in [2.24, 2.45) is 0 Å². The third-order valence-electron chi connectivity index (χ3n) is 6.73. The fourth-order valence-electron chi connectivity index (χ4n) is 5.14. The lowest BCUT2D eigenvalue weighted by atomic mass is 9.93. The molecular formula is C28H34N4O9S. The molecule has 2 aliphatic rings. The molecule has 1 aromatic heterocycles. The van der Waals surface area contributed by atoms with Gasteiger partial charge in [0.15, 0.2) is 29.7 Å². The molecule has 1 aliphatic carbocycles. The van der Waals surface area contributed by atoms with Crippen molar-refractivity contribution >= 4 is 57.8 Å². The number of benzene rings is 1. The molecule has 0 radical (unpaired) electrons. The highest BCUT2D eigenvalue weighted by atomic mass is 32.1. The summed E-state index contributed by atoms with van der Waals surface area (Å²) < 4.78 is 27.5. The topological polar surface area (TPSA) is 163 Å². The molecule has 42 heavy (non-hydrogen) atoms. The van der Waals surface area contributed by atoms with E-state index in [4.69, 9.17) is 40.9 Å². The molecule has 0 spiro atoms. The van der Waals surface area contributed by atoms with Crippen molar-refractivity contribution in [1.29, 1.82) is 0 Å². The number of carbonyl (C=O) groups is 4. The van der Waals surface area contributed by atoms with Gasteiger partial charge in [0.2, 0.25) is 0 Å². The number of ether oxygens (including phenoxy) is 5. The number of carbonyl (C=O) groups excluding carboxylic acids is 4.